The molecular weight excluding hydrogens is 188 g/mol. The Morgan fingerprint density at radius 2 is 2.31 bits per heavy atom. The highest BCUT2D eigenvalue weighted by Gasteiger charge is 2.06. The molecule has 3 nitrogen and oxygen atoms in total. The van der Waals surface area contributed by atoms with E-state index in [0.717, 1.165) is 5.56 Å². The summed E-state index contributed by atoms with van der Waals surface area (Å²) < 4.78 is 0. The van der Waals surface area contributed by atoms with Gasteiger partial charge in [0.2, 0.25) is 0 Å². The van der Waals surface area contributed by atoms with Gasteiger partial charge in [-0.25, -0.2) is 0 Å². The molecule has 0 saturated heterocycles. The maximum Gasteiger partial charge on any atom is 0.186 e. The SMILES string of the molecule is Cc1cc(Cl)ccc1C(C#N)=NO. The van der Waals surface area contributed by atoms with Crippen LogP contribution < -0.4 is 0 Å². The molecule has 0 aliphatic rings. The van der Waals surface area contributed by atoms with Gasteiger partial charge in [0, 0.05) is 10.6 Å². The summed E-state index contributed by atoms with van der Waals surface area (Å²) in [5.74, 6) is 0. The standard InChI is InChI=1S/C9H7ClN2O/c1-6-4-7(10)2-3-8(6)9(5-11)12-13/h2-4,13H,1H3. The molecule has 13 heavy (non-hydrogen) atoms. The molecular formula is C9H7ClN2O. The molecule has 0 aliphatic heterocycles. The molecule has 66 valence electrons. The normalized spacial score (nSPS) is 11.0. The molecule has 1 rings (SSSR count). The molecule has 0 radical (unpaired) electrons. The van der Waals surface area contributed by atoms with Gasteiger partial charge in [-0.1, -0.05) is 22.8 Å². The molecule has 1 aromatic rings. The largest absolute Gasteiger partial charge is 0.410 e. The lowest BCUT2D eigenvalue weighted by Crippen LogP contribution is -1.99. The molecule has 4 heteroatoms. The highest BCUT2D eigenvalue weighted by Crippen LogP contribution is 2.15. The van der Waals surface area contributed by atoms with E-state index >= 15 is 0 Å². The Balaban J connectivity index is 3.25. The van der Waals surface area contributed by atoms with Gasteiger partial charge in [0.05, 0.1) is 0 Å². The predicted octanol–water partition coefficient (Wildman–Crippen LogP) is 2.35. The van der Waals surface area contributed by atoms with Crippen molar-refractivity contribution in [2.24, 2.45) is 5.16 Å². The number of hydrogen-bond acceptors (Lipinski definition) is 3. The first kappa shape index (κ1) is 9.56. The smallest absolute Gasteiger partial charge is 0.186 e. The Morgan fingerprint density at radius 3 is 2.77 bits per heavy atom. The summed E-state index contributed by atoms with van der Waals surface area (Å²) in [6, 6.07) is 6.79. The van der Waals surface area contributed by atoms with Gasteiger partial charge in [-0.2, -0.15) is 5.26 Å². The third-order valence-corrected chi connectivity index (χ3v) is 1.88. The van der Waals surface area contributed by atoms with Crippen molar-refractivity contribution in [3.05, 3.63) is 34.3 Å². The second kappa shape index (κ2) is 3.92. The average molecular weight is 195 g/mol. The summed E-state index contributed by atoms with van der Waals surface area (Å²) in [6.07, 6.45) is 0. The van der Waals surface area contributed by atoms with Crippen LogP contribution in [0.2, 0.25) is 5.02 Å². The number of hydrogen-bond donors (Lipinski definition) is 1. The number of rotatable bonds is 1. The van der Waals surface area contributed by atoms with Crippen LogP contribution in [-0.4, -0.2) is 10.9 Å². The summed E-state index contributed by atoms with van der Waals surface area (Å²) >= 11 is 5.72. The minimum absolute atomic E-state index is 0.00540. The van der Waals surface area contributed by atoms with E-state index < -0.39 is 0 Å². The average Bonchev–Trinajstić information content (AvgIpc) is 2.10. The number of oxime groups is 1. The first-order chi connectivity index (χ1) is 6.19. The molecule has 0 atom stereocenters. The summed E-state index contributed by atoms with van der Waals surface area (Å²) in [4.78, 5) is 0. The summed E-state index contributed by atoms with van der Waals surface area (Å²) in [7, 11) is 0. The fourth-order valence-corrected chi connectivity index (χ4v) is 1.26. The van der Waals surface area contributed by atoms with Crippen molar-refractivity contribution >= 4 is 17.3 Å². The third-order valence-electron chi connectivity index (χ3n) is 1.65. The lowest BCUT2D eigenvalue weighted by atomic mass is 10.1. The van der Waals surface area contributed by atoms with Crippen LogP contribution in [0.15, 0.2) is 23.4 Å². The molecule has 0 aliphatic carbocycles. The van der Waals surface area contributed by atoms with E-state index in [1.165, 1.54) is 0 Å². The van der Waals surface area contributed by atoms with Crippen LogP contribution in [0.4, 0.5) is 0 Å². The Morgan fingerprint density at radius 1 is 1.62 bits per heavy atom. The fraction of sp³-hybridized carbons (Fsp3) is 0.111. The van der Waals surface area contributed by atoms with Crippen LogP contribution in [0, 0.1) is 18.3 Å². The molecule has 1 aromatic carbocycles. The van der Waals surface area contributed by atoms with Gasteiger partial charge in [-0.3, -0.25) is 0 Å². The molecule has 0 aromatic heterocycles. The molecule has 0 spiro atoms. The van der Waals surface area contributed by atoms with Crippen molar-refractivity contribution in [1.29, 1.82) is 5.26 Å². The van der Waals surface area contributed by atoms with E-state index in [-0.39, 0.29) is 5.71 Å². The van der Waals surface area contributed by atoms with Crippen molar-refractivity contribution < 1.29 is 5.21 Å². The number of aryl methyl sites for hydroxylation is 1. The van der Waals surface area contributed by atoms with E-state index in [1.54, 1.807) is 31.2 Å². The first-order valence-electron chi connectivity index (χ1n) is 3.57. The Bertz CT molecular complexity index is 393. The van der Waals surface area contributed by atoms with Gasteiger partial charge < -0.3 is 5.21 Å². The molecule has 0 amide bonds. The molecule has 0 unspecified atom stereocenters. The fourth-order valence-electron chi connectivity index (χ4n) is 1.03. The van der Waals surface area contributed by atoms with Crippen molar-refractivity contribution in [2.75, 3.05) is 0 Å². The van der Waals surface area contributed by atoms with Gasteiger partial charge in [-0.15, -0.1) is 0 Å². The lowest BCUT2D eigenvalue weighted by Gasteiger charge is -2.01. The third kappa shape index (κ3) is 1.98. The number of nitrogens with zero attached hydrogens (tertiary/aromatic N) is 2. The molecule has 1 N–H and O–H groups in total. The minimum atomic E-state index is -0.00540. The number of benzene rings is 1. The Kier molecular flexibility index (Phi) is 2.88. The second-order valence-electron chi connectivity index (χ2n) is 2.52. The highest BCUT2D eigenvalue weighted by molar-refractivity contribution is 6.30. The van der Waals surface area contributed by atoms with Crippen molar-refractivity contribution in [3.8, 4) is 6.07 Å². The topological polar surface area (TPSA) is 56.4 Å². The van der Waals surface area contributed by atoms with E-state index in [0.29, 0.717) is 10.6 Å². The molecule has 0 saturated carbocycles. The molecule has 0 bridgehead atoms. The van der Waals surface area contributed by atoms with Crippen molar-refractivity contribution in [3.63, 3.8) is 0 Å². The van der Waals surface area contributed by atoms with E-state index in [9.17, 15) is 0 Å². The second-order valence-corrected chi connectivity index (χ2v) is 2.96. The predicted molar refractivity (Wildman–Crippen MR) is 50.1 cm³/mol. The van der Waals surface area contributed by atoms with Crippen LogP contribution in [0.5, 0.6) is 0 Å². The van der Waals surface area contributed by atoms with Gasteiger partial charge in [0.1, 0.15) is 6.07 Å². The van der Waals surface area contributed by atoms with Gasteiger partial charge in [-0.05, 0) is 24.6 Å². The minimum Gasteiger partial charge on any atom is -0.410 e. The van der Waals surface area contributed by atoms with Gasteiger partial charge in [0.15, 0.2) is 5.71 Å². The zero-order valence-electron chi connectivity index (χ0n) is 6.95. The highest BCUT2D eigenvalue weighted by atomic mass is 35.5. The number of halogens is 1. The van der Waals surface area contributed by atoms with Crippen LogP contribution >= 0.6 is 11.6 Å². The number of nitriles is 1. The zero-order chi connectivity index (χ0) is 9.84. The van der Waals surface area contributed by atoms with Crippen LogP contribution in [0.25, 0.3) is 0 Å². The van der Waals surface area contributed by atoms with Crippen LogP contribution in [-0.2, 0) is 0 Å². The summed E-state index contributed by atoms with van der Waals surface area (Å²) in [5.41, 5.74) is 1.39. The monoisotopic (exact) mass is 194 g/mol. The van der Waals surface area contributed by atoms with Gasteiger partial charge >= 0.3 is 0 Å². The zero-order valence-corrected chi connectivity index (χ0v) is 7.71. The quantitative estimate of drug-likeness (QED) is 0.424. The summed E-state index contributed by atoms with van der Waals surface area (Å²) in [5, 5.41) is 20.6. The Labute approximate surface area is 80.9 Å². The summed E-state index contributed by atoms with van der Waals surface area (Å²) in [6.45, 7) is 1.80. The van der Waals surface area contributed by atoms with Crippen LogP contribution in [0.3, 0.4) is 0 Å². The first-order valence-corrected chi connectivity index (χ1v) is 3.95. The maximum atomic E-state index is 8.60. The lowest BCUT2D eigenvalue weighted by molar-refractivity contribution is 0.320. The molecule has 0 heterocycles. The van der Waals surface area contributed by atoms with Crippen LogP contribution in [0.1, 0.15) is 11.1 Å². The van der Waals surface area contributed by atoms with E-state index in [1.807, 2.05) is 0 Å². The van der Waals surface area contributed by atoms with Crippen molar-refractivity contribution in [1.82, 2.24) is 0 Å². The Hall–Kier alpha value is -1.53. The molecule has 0 fully saturated rings. The van der Waals surface area contributed by atoms with Crippen molar-refractivity contribution in [2.45, 2.75) is 6.92 Å². The van der Waals surface area contributed by atoms with E-state index in [2.05, 4.69) is 5.16 Å². The van der Waals surface area contributed by atoms with Gasteiger partial charge in [0.25, 0.3) is 0 Å². The van der Waals surface area contributed by atoms with E-state index in [4.69, 9.17) is 22.1 Å². The maximum absolute atomic E-state index is 8.60.